The van der Waals surface area contributed by atoms with E-state index in [0.29, 0.717) is 5.92 Å². The van der Waals surface area contributed by atoms with E-state index >= 15 is 0 Å². The number of likely N-dealkylation sites (tertiary alicyclic amines) is 1. The highest BCUT2D eigenvalue weighted by atomic mass is 16.3. The molecular weight excluding hydrogens is 284 g/mol. The summed E-state index contributed by atoms with van der Waals surface area (Å²) in [6, 6.07) is 21.3. The fourth-order valence-corrected chi connectivity index (χ4v) is 4.49. The van der Waals surface area contributed by atoms with Crippen molar-refractivity contribution in [3.05, 3.63) is 66.2 Å². The molecule has 3 nitrogen and oxygen atoms in total. The predicted octanol–water partition coefficient (Wildman–Crippen LogP) is 2.76. The predicted molar refractivity (Wildman–Crippen MR) is 93.4 cm³/mol. The fraction of sp³-hybridized carbons (Fsp3) is 0.400. The van der Waals surface area contributed by atoms with Crippen molar-refractivity contribution in [2.75, 3.05) is 25.1 Å². The summed E-state index contributed by atoms with van der Waals surface area (Å²) in [5, 5.41) is 10.1. The second kappa shape index (κ2) is 5.66. The summed E-state index contributed by atoms with van der Waals surface area (Å²) < 4.78 is 0. The van der Waals surface area contributed by atoms with E-state index in [1.165, 1.54) is 17.7 Å². The van der Waals surface area contributed by atoms with Gasteiger partial charge in [-0.1, -0.05) is 48.5 Å². The number of likely N-dealkylation sites (N-methyl/N-ethyl adjacent to an activating group) is 1. The number of nitrogens with zero attached hydrogens (tertiary/aromatic N) is 2. The first kappa shape index (κ1) is 14.7. The van der Waals surface area contributed by atoms with Crippen LogP contribution in [0.4, 0.5) is 5.69 Å². The van der Waals surface area contributed by atoms with E-state index in [4.69, 9.17) is 0 Å². The Morgan fingerprint density at radius 2 is 1.74 bits per heavy atom. The Kier molecular flexibility index (Phi) is 3.63. The normalized spacial score (nSPS) is 29.3. The molecule has 1 saturated carbocycles. The van der Waals surface area contributed by atoms with Crippen LogP contribution in [0.2, 0.25) is 0 Å². The van der Waals surface area contributed by atoms with Gasteiger partial charge in [-0.05, 0) is 30.0 Å². The SMILES string of the molecule is CN(c1ccccc1)[C@@]12C[C@@H]1CN(Cc1ccccc1)[C@H]2CO. The zero-order valence-electron chi connectivity index (χ0n) is 13.6. The van der Waals surface area contributed by atoms with Gasteiger partial charge in [-0.3, -0.25) is 4.90 Å². The minimum absolute atomic E-state index is 0.102. The molecule has 0 aromatic heterocycles. The second-order valence-electron chi connectivity index (χ2n) is 6.90. The molecule has 1 heterocycles. The molecule has 0 spiro atoms. The number of aliphatic hydroxyl groups is 1. The first-order chi connectivity index (χ1) is 11.3. The molecule has 1 aliphatic heterocycles. The molecule has 2 aromatic rings. The number of aliphatic hydroxyl groups excluding tert-OH is 1. The van der Waals surface area contributed by atoms with Crippen molar-refractivity contribution in [1.29, 1.82) is 0 Å². The molecule has 120 valence electrons. The highest BCUT2D eigenvalue weighted by molar-refractivity contribution is 5.53. The standard InChI is InChI=1S/C20H24N2O/c1-21(18-10-6-3-7-11-18)20-12-17(20)14-22(19(20)15-23)13-16-8-4-2-5-9-16/h2-11,17,19,23H,12-15H2,1H3/t17-,19+,20+/m1/s1. The zero-order chi connectivity index (χ0) is 15.9. The molecule has 2 aliphatic rings. The first-order valence-electron chi connectivity index (χ1n) is 8.43. The third kappa shape index (κ3) is 2.35. The van der Waals surface area contributed by atoms with Gasteiger partial charge in [0, 0.05) is 25.8 Å². The van der Waals surface area contributed by atoms with Crippen LogP contribution in [0.3, 0.4) is 0 Å². The summed E-state index contributed by atoms with van der Waals surface area (Å²) in [6.45, 7) is 2.23. The number of piperidine rings is 1. The molecule has 2 fully saturated rings. The molecular formula is C20H24N2O. The van der Waals surface area contributed by atoms with Gasteiger partial charge in [0.15, 0.2) is 0 Å². The minimum Gasteiger partial charge on any atom is -0.395 e. The van der Waals surface area contributed by atoms with E-state index in [0.717, 1.165) is 13.1 Å². The van der Waals surface area contributed by atoms with Gasteiger partial charge in [-0.2, -0.15) is 0 Å². The van der Waals surface area contributed by atoms with Gasteiger partial charge < -0.3 is 10.0 Å². The lowest BCUT2D eigenvalue weighted by molar-refractivity contribution is 0.122. The molecule has 2 aromatic carbocycles. The average molecular weight is 308 g/mol. The van der Waals surface area contributed by atoms with Crippen LogP contribution in [0.25, 0.3) is 0 Å². The summed E-state index contributed by atoms with van der Waals surface area (Å²) in [7, 11) is 2.18. The monoisotopic (exact) mass is 308 g/mol. The Labute approximate surface area is 138 Å². The maximum absolute atomic E-state index is 10.1. The van der Waals surface area contributed by atoms with Crippen LogP contribution >= 0.6 is 0 Å². The number of hydrogen-bond acceptors (Lipinski definition) is 3. The van der Waals surface area contributed by atoms with Crippen molar-refractivity contribution >= 4 is 5.69 Å². The van der Waals surface area contributed by atoms with Crippen molar-refractivity contribution in [1.82, 2.24) is 4.90 Å². The van der Waals surface area contributed by atoms with Gasteiger partial charge in [0.2, 0.25) is 0 Å². The summed E-state index contributed by atoms with van der Waals surface area (Å²) in [5.41, 5.74) is 2.67. The second-order valence-corrected chi connectivity index (χ2v) is 6.90. The van der Waals surface area contributed by atoms with Gasteiger partial charge in [0.1, 0.15) is 0 Å². The van der Waals surface area contributed by atoms with Crippen LogP contribution in [0, 0.1) is 5.92 Å². The number of para-hydroxylation sites is 1. The molecule has 0 radical (unpaired) electrons. The Bertz CT molecular complexity index is 660. The maximum Gasteiger partial charge on any atom is 0.0621 e. The molecule has 23 heavy (non-hydrogen) atoms. The Balaban J connectivity index is 1.57. The Morgan fingerprint density at radius 1 is 1.09 bits per heavy atom. The van der Waals surface area contributed by atoms with Crippen LogP contribution < -0.4 is 4.90 Å². The molecule has 1 saturated heterocycles. The number of anilines is 1. The van der Waals surface area contributed by atoms with Crippen molar-refractivity contribution in [3.63, 3.8) is 0 Å². The average Bonchev–Trinajstić information content (AvgIpc) is 3.23. The summed E-state index contributed by atoms with van der Waals surface area (Å²) in [4.78, 5) is 4.87. The largest absolute Gasteiger partial charge is 0.395 e. The lowest BCUT2D eigenvalue weighted by Gasteiger charge is -2.37. The van der Waals surface area contributed by atoms with E-state index in [1.54, 1.807) is 0 Å². The van der Waals surface area contributed by atoms with Crippen LogP contribution in [-0.4, -0.2) is 41.8 Å². The van der Waals surface area contributed by atoms with Crippen molar-refractivity contribution in [2.24, 2.45) is 5.92 Å². The van der Waals surface area contributed by atoms with Crippen molar-refractivity contribution < 1.29 is 5.11 Å². The van der Waals surface area contributed by atoms with Crippen LogP contribution in [0.1, 0.15) is 12.0 Å². The maximum atomic E-state index is 10.1. The van der Waals surface area contributed by atoms with Crippen molar-refractivity contribution in [3.8, 4) is 0 Å². The van der Waals surface area contributed by atoms with E-state index < -0.39 is 0 Å². The number of rotatable bonds is 5. The van der Waals surface area contributed by atoms with E-state index in [-0.39, 0.29) is 18.2 Å². The molecule has 1 N–H and O–H groups in total. The highest BCUT2D eigenvalue weighted by Crippen LogP contribution is 2.58. The quantitative estimate of drug-likeness (QED) is 0.920. The summed E-state index contributed by atoms with van der Waals surface area (Å²) in [6.07, 6.45) is 1.19. The van der Waals surface area contributed by atoms with Crippen LogP contribution in [0.5, 0.6) is 0 Å². The first-order valence-corrected chi connectivity index (χ1v) is 8.43. The summed E-state index contributed by atoms with van der Waals surface area (Å²) in [5.74, 6) is 0.661. The zero-order valence-corrected chi connectivity index (χ0v) is 13.6. The lowest BCUT2D eigenvalue weighted by atomic mass is 10.0. The van der Waals surface area contributed by atoms with Gasteiger partial charge in [-0.25, -0.2) is 0 Å². The number of hydrogen-bond donors (Lipinski definition) is 1. The molecule has 1 aliphatic carbocycles. The minimum atomic E-state index is 0.102. The smallest absolute Gasteiger partial charge is 0.0621 e. The Hall–Kier alpha value is -1.84. The van der Waals surface area contributed by atoms with E-state index in [1.807, 2.05) is 0 Å². The van der Waals surface area contributed by atoms with Gasteiger partial charge in [0.05, 0.1) is 18.2 Å². The van der Waals surface area contributed by atoms with Gasteiger partial charge >= 0.3 is 0 Å². The lowest BCUT2D eigenvalue weighted by Crippen LogP contribution is -2.50. The molecule has 0 amide bonds. The topological polar surface area (TPSA) is 26.7 Å². The van der Waals surface area contributed by atoms with E-state index in [9.17, 15) is 5.11 Å². The highest BCUT2D eigenvalue weighted by Gasteiger charge is 2.67. The summed E-state index contributed by atoms with van der Waals surface area (Å²) >= 11 is 0. The molecule has 3 atom stereocenters. The van der Waals surface area contributed by atoms with E-state index in [2.05, 4.69) is 77.5 Å². The molecule has 3 heteroatoms. The van der Waals surface area contributed by atoms with Gasteiger partial charge in [-0.15, -0.1) is 0 Å². The van der Waals surface area contributed by atoms with Crippen LogP contribution in [0.15, 0.2) is 60.7 Å². The van der Waals surface area contributed by atoms with Gasteiger partial charge in [0.25, 0.3) is 0 Å². The Morgan fingerprint density at radius 3 is 2.39 bits per heavy atom. The number of benzene rings is 2. The molecule has 0 bridgehead atoms. The third-order valence-corrected chi connectivity index (χ3v) is 5.76. The molecule has 4 rings (SSSR count). The fourth-order valence-electron chi connectivity index (χ4n) is 4.49. The molecule has 0 unspecified atom stereocenters. The van der Waals surface area contributed by atoms with Crippen molar-refractivity contribution in [2.45, 2.75) is 24.5 Å². The van der Waals surface area contributed by atoms with Crippen LogP contribution in [-0.2, 0) is 6.54 Å². The number of fused-ring (bicyclic) bond motifs is 1. The third-order valence-electron chi connectivity index (χ3n) is 5.76.